The van der Waals surface area contributed by atoms with E-state index in [-0.39, 0.29) is 0 Å². The molecule has 3 nitrogen and oxygen atoms in total. The van der Waals surface area contributed by atoms with Gasteiger partial charge in [-0.15, -0.1) is 0 Å². The van der Waals surface area contributed by atoms with Gasteiger partial charge in [-0.25, -0.2) is 0 Å². The maximum absolute atomic E-state index is 3.35. The van der Waals surface area contributed by atoms with E-state index in [4.69, 9.17) is 0 Å². The maximum atomic E-state index is 3.35. The molecule has 3 heteroatoms. The quantitative estimate of drug-likeness (QED) is 0.161. The molecule has 0 aromatic carbocycles. The Kier molecular flexibility index (Phi) is 19.3. The van der Waals surface area contributed by atoms with Gasteiger partial charge >= 0.3 is 0 Å². The summed E-state index contributed by atoms with van der Waals surface area (Å²) in [5.74, 6) is 5.56. The number of rotatable bonds is 14. The second kappa shape index (κ2) is 25.8. The van der Waals surface area contributed by atoms with Crippen LogP contribution in [0.4, 0.5) is 0 Å². The first-order valence-corrected chi connectivity index (χ1v) is 31.9. The third-order valence-corrected chi connectivity index (χ3v) is 22.4. The molecular weight excluding hydrogens is 811 g/mol. The van der Waals surface area contributed by atoms with Crippen molar-refractivity contribution in [2.75, 3.05) is 0 Å². The van der Waals surface area contributed by atoms with E-state index in [1.807, 2.05) is 0 Å². The summed E-state index contributed by atoms with van der Waals surface area (Å²) in [7, 11) is 0. The molecule has 0 aliphatic heterocycles. The molecule has 10 saturated carbocycles. The highest BCUT2D eigenvalue weighted by Gasteiger charge is 2.43. The number of hydrogen-bond donors (Lipinski definition) is 0. The van der Waals surface area contributed by atoms with Gasteiger partial charge in [0.25, 0.3) is 0 Å². The van der Waals surface area contributed by atoms with Crippen molar-refractivity contribution in [2.45, 2.75) is 343 Å². The molecular formula is C64H109N3. The van der Waals surface area contributed by atoms with Crippen LogP contribution >= 0.6 is 0 Å². The van der Waals surface area contributed by atoms with E-state index in [1.54, 1.807) is 25.7 Å². The molecule has 10 aliphatic carbocycles. The van der Waals surface area contributed by atoms with E-state index in [2.05, 4.69) is 39.0 Å². The van der Waals surface area contributed by atoms with Crippen molar-refractivity contribution in [2.24, 2.45) is 35.5 Å². The second-order valence-electron chi connectivity index (χ2n) is 26.5. The van der Waals surface area contributed by atoms with Gasteiger partial charge in [0.15, 0.2) is 0 Å². The normalized spacial score (nSPS) is 38.4. The minimum atomic E-state index is 0.860. The lowest BCUT2D eigenvalue weighted by Gasteiger charge is -2.53. The van der Waals surface area contributed by atoms with Crippen LogP contribution in [-0.2, 0) is 0 Å². The van der Waals surface area contributed by atoms with Crippen molar-refractivity contribution in [1.29, 1.82) is 0 Å². The Hall–Kier alpha value is -0.640. The van der Waals surface area contributed by atoms with E-state index >= 15 is 0 Å². The molecule has 0 spiro atoms. The standard InChI is InChI=1S/C64H109N3/c1-6-16-50(17-7-1)26-28-52-30-38-59(39-31-52)66(58-24-14-5-15-25-58)61-42-34-54(35-43-61)55-36-44-62(45-37-55)67(60-40-32-53(33-41-60)29-27-51-18-8-2-9-19-51)64-48-46-63(47-49-64)65(56-20-10-3-11-21-56)57-22-12-4-13-23-57/h26-29,50-64H,1-25,30-49H2. The monoisotopic (exact) mass is 920 g/mol. The van der Waals surface area contributed by atoms with Crippen molar-refractivity contribution in [3.63, 3.8) is 0 Å². The highest BCUT2D eigenvalue weighted by atomic mass is 15.2. The van der Waals surface area contributed by atoms with Crippen LogP contribution in [0.5, 0.6) is 0 Å². The van der Waals surface area contributed by atoms with E-state index in [0.29, 0.717) is 0 Å². The van der Waals surface area contributed by atoms with Gasteiger partial charge in [0.1, 0.15) is 0 Å². The van der Waals surface area contributed by atoms with E-state index < -0.39 is 0 Å². The van der Waals surface area contributed by atoms with E-state index in [9.17, 15) is 0 Å². The smallest absolute Gasteiger partial charge is 0.0102 e. The predicted molar refractivity (Wildman–Crippen MR) is 287 cm³/mol. The predicted octanol–water partition coefficient (Wildman–Crippen LogP) is 17.7. The van der Waals surface area contributed by atoms with Crippen LogP contribution in [-0.4, -0.2) is 69.1 Å². The average molecular weight is 921 g/mol. The molecule has 380 valence electrons. The van der Waals surface area contributed by atoms with E-state index in [1.165, 1.54) is 263 Å². The zero-order chi connectivity index (χ0) is 45.0. The summed E-state index contributed by atoms with van der Waals surface area (Å²) < 4.78 is 0. The molecule has 0 bridgehead atoms. The van der Waals surface area contributed by atoms with Crippen LogP contribution in [0.15, 0.2) is 24.3 Å². The third-order valence-electron chi connectivity index (χ3n) is 22.4. The van der Waals surface area contributed by atoms with Crippen molar-refractivity contribution in [1.82, 2.24) is 14.7 Å². The summed E-state index contributed by atoms with van der Waals surface area (Å²) >= 11 is 0. The lowest BCUT2D eigenvalue weighted by Crippen LogP contribution is -2.56. The number of allylic oxidation sites excluding steroid dienone is 4. The van der Waals surface area contributed by atoms with Gasteiger partial charge in [0, 0.05) is 54.4 Å². The van der Waals surface area contributed by atoms with Gasteiger partial charge in [-0.3, -0.25) is 14.7 Å². The highest BCUT2D eigenvalue weighted by Crippen LogP contribution is 2.46. The fourth-order valence-electron chi connectivity index (χ4n) is 18.7. The van der Waals surface area contributed by atoms with Gasteiger partial charge in [-0.2, -0.15) is 0 Å². The van der Waals surface area contributed by atoms with Crippen LogP contribution in [0.25, 0.3) is 0 Å². The topological polar surface area (TPSA) is 9.72 Å². The van der Waals surface area contributed by atoms with Crippen molar-refractivity contribution in [3.8, 4) is 0 Å². The van der Waals surface area contributed by atoms with Crippen LogP contribution in [0.3, 0.4) is 0 Å². The first-order chi connectivity index (χ1) is 33.2. The lowest BCUT2D eigenvalue weighted by atomic mass is 9.70. The van der Waals surface area contributed by atoms with Crippen molar-refractivity contribution >= 4 is 0 Å². The largest absolute Gasteiger partial charge is 0.294 e. The first kappa shape index (κ1) is 49.9. The van der Waals surface area contributed by atoms with E-state index in [0.717, 1.165) is 89.9 Å². The summed E-state index contributed by atoms with van der Waals surface area (Å²) in [6.45, 7) is 0. The number of hydrogen-bond acceptors (Lipinski definition) is 3. The zero-order valence-corrected chi connectivity index (χ0v) is 44.1. The highest BCUT2D eigenvalue weighted by molar-refractivity contribution is 5.02. The lowest BCUT2D eigenvalue weighted by molar-refractivity contribution is -0.0266. The molecule has 10 aliphatic rings. The minimum Gasteiger partial charge on any atom is -0.294 e. The van der Waals surface area contributed by atoms with Crippen LogP contribution < -0.4 is 0 Å². The van der Waals surface area contributed by atoms with Crippen molar-refractivity contribution < 1.29 is 0 Å². The van der Waals surface area contributed by atoms with Gasteiger partial charge in [0.05, 0.1) is 0 Å². The molecule has 0 unspecified atom stereocenters. The van der Waals surface area contributed by atoms with Crippen molar-refractivity contribution in [3.05, 3.63) is 24.3 Å². The average Bonchev–Trinajstić information content (AvgIpc) is 3.41. The summed E-state index contributed by atoms with van der Waals surface area (Å²) in [6.07, 6.45) is 78.1. The second-order valence-corrected chi connectivity index (χ2v) is 26.5. The summed E-state index contributed by atoms with van der Waals surface area (Å²) in [5, 5.41) is 0. The molecule has 0 amide bonds. The van der Waals surface area contributed by atoms with Gasteiger partial charge in [-0.1, -0.05) is 121 Å². The summed E-state index contributed by atoms with van der Waals surface area (Å²) in [5.41, 5.74) is 0. The molecule has 0 aromatic heterocycles. The molecule has 0 atom stereocenters. The molecule has 0 aromatic rings. The number of nitrogens with zero attached hydrogens (tertiary/aromatic N) is 3. The fraction of sp³-hybridized carbons (Fsp3) is 0.938. The Bertz CT molecular complexity index is 1400. The van der Waals surface area contributed by atoms with Gasteiger partial charge < -0.3 is 0 Å². The van der Waals surface area contributed by atoms with Crippen LogP contribution in [0, 0.1) is 35.5 Å². The Morgan fingerprint density at radius 2 is 0.343 bits per heavy atom. The fourth-order valence-corrected chi connectivity index (χ4v) is 18.7. The minimum absolute atomic E-state index is 0.860. The zero-order valence-electron chi connectivity index (χ0n) is 44.1. The van der Waals surface area contributed by atoms with Gasteiger partial charge in [0.2, 0.25) is 0 Å². The summed E-state index contributed by atoms with van der Waals surface area (Å²) in [6, 6.07) is 7.96. The Morgan fingerprint density at radius 3 is 0.597 bits per heavy atom. The molecule has 0 saturated heterocycles. The molecule has 0 radical (unpaired) electrons. The maximum Gasteiger partial charge on any atom is 0.0102 e. The Balaban J connectivity index is 0.748. The molecule has 10 rings (SSSR count). The summed E-state index contributed by atoms with van der Waals surface area (Å²) in [4.78, 5) is 9.86. The molecule has 0 heterocycles. The Morgan fingerprint density at radius 1 is 0.164 bits per heavy atom. The Labute approximate surface area is 416 Å². The molecule has 10 fully saturated rings. The van der Waals surface area contributed by atoms with Crippen LogP contribution in [0.2, 0.25) is 0 Å². The SMILES string of the molecule is C(=CC1CCC(N(C2CCCCC2)C2CCC(C3CCC(N(C4CCC(C=CC5CCCCC5)CC4)C4CCC(N(C5CCCCC5)C5CCCCC5)CC4)CC3)CC2)CC1)C1CCCCC1. The van der Waals surface area contributed by atoms with Crippen LogP contribution in [0.1, 0.15) is 289 Å². The molecule has 0 N–H and O–H groups in total. The third kappa shape index (κ3) is 13.5. The first-order valence-electron chi connectivity index (χ1n) is 31.9. The molecule has 67 heavy (non-hydrogen) atoms. The van der Waals surface area contributed by atoms with Gasteiger partial charge in [-0.05, 0) is 228 Å².